The van der Waals surface area contributed by atoms with E-state index in [4.69, 9.17) is 4.74 Å². The second kappa shape index (κ2) is 7.07. The van der Waals surface area contributed by atoms with E-state index in [0.29, 0.717) is 18.9 Å². The van der Waals surface area contributed by atoms with Crippen LogP contribution in [-0.2, 0) is 9.53 Å². The van der Waals surface area contributed by atoms with E-state index >= 15 is 0 Å². The summed E-state index contributed by atoms with van der Waals surface area (Å²) in [5.41, 5.74) is 1.08. The maximum absolute atomic E-state index is 11.5. The monoisotopic (exact) mass is 235 g/mol. The SMILES string of the molecule is COC(CNC(=O)CC(C)C)c1ccccc1. The summed E-state index contributed by atoms with van der Waals surface area (Å²) in [5, 5.41) is 2.90. The minimum atomic E-state index is -0.0766. The van der Waals surface area contributed by atoms with Gasteiger partial charge in [-0.05, 0) is 11.5 Å². The summed E-state index contributed by atoms with van der Waals surface area (Å²) in [4.78, 5) is 11.5. The third-order valence-corrected chi connectivity index (χ3v) is 2.53. The maximum Gasteiger partial charge on any atom is 0.220 e. The molecule has 1 aromatic carbocycles. The van der Waals surface area contributed by atoms with Gasteiger partial charge in [0.25, 0.3) is 0 Å². The van der Waals surface area contributed by atoms with Crippen molar-refractivity contribution < 1.29 is 9.53 Å². The number of hydrogen-bond donors (Lipinski definition) is 1. The van der Waals surface area contributed by atoms with Crippen LogP contribution in [0.5, 0.6) is 0 Å². The Morgan fingerprint density at radius 2 is 1.94 bits per heavy atom. The number of hydrogen-bond acceptors (Lipinski definition) is 2. The first kappa shape index (κ1) is 13.7. The highest BCUT2D eigenvalue weighted by molar-refractivity contribution is 5.76. The first-order valence-electron chi connectivity index (χ1n) is 5.98. The van der Waals surface area contributed by atoms with Crippen molar-refractivity contribution in [3.05, 3.63) is 35.9 Å². The van der Waals surface area contributed by atoms with Crippen molar-refractivity contribution in [3.8, 4) is 0 Å². The molecule has 0 fully saturated rings. The zero-order chi connectivity index (χ0) is 12.7. The molecule has 17 heavy (non-hydrogen) atoms. The molecule has 3 heteroatoms. The van der Waals surface area contributed by atoms with Gasteiger partial charge in [0.1, 0.15) is 0 Å². The van der Waals surface area contributed by atoms with Crippen LogP contribution in [0.3, 0.4) is 0 Å². The highest BCUT2D eigenvalue weighted by Gasteiger charge is 2.12. The van der Waals surface area contributed by atoms with E-state index in [-0.39, 0.29) is 12.0 Å². The van der Waals surface area contributed by atoms with Crippen LogP contribution in [0.4, 0.5) is 0 Å². The normalized spacial score (nSPS) is 12.5. The van der Waals surface area contributed by atoms with Gasteiger partial charge in [-0.1, -0.05) is 44.2 Å². The third kappa shape index (κ3) is 5.00. The number of ether oxygens (including phenoxy) is 1. The first-order valence-corrected chi connectivity index (χ1v) is 5.98. The Balaban J connectivity index is 2.46. The summed E-state index contributed by atoms with van der Waals surface area (Å²) in [7, 11) is 1.66. The number of amides is 1. The average Bonchev–Trinajstić information content (AvgIpc) is 2.30. The number of benzene rings is 1. The molecule has 1 rings (SSSR count). The molecule has 1 amide bonds. The second-order valence-electron chi connectivity index (χ2n) is 4.54. The fourth-order valence-corrected chi connectivity index (χ4v) is 1.65. The van der Waals surface area contributed by atoms with Crippen LogP contribution in [-0.4, -0.2) is 19.6 Å². The van der Waals surface area contributed by atoms with Gasteiger partial charge >= 0.3 is 0 Å². The molecule has 1 aromatic rings. The van der Waals surface area contributed by atoms with Crippen LogP contribution in [0, 0.1) is 5.92 Å². The number of methoxy groups -OCH3 is 1. The molecule has 0 aliphatic rings. The van der Waals surface area contributed by atoms with Crippen molar-refractivity contribution >= 4 is 5.91 Å². The lowest BCUT2D eigenvalue weighted by Crippen LogP contribution is -2.29. The smallest absolute Gasteiger partial charge is 0.220 e. The van der Waals surface area contributed by atoms with E-state index < -0.39 is 0 Å². The Morgan fingerprint density at radius 3 is 2.47 bits per heavy atom. The van der Waals surface area contributed by atoms with E-state index in [1.54, 1.807) is 7.11 Å². The Kier molecular flexibility index (Phi) is 5.70. The molecule has 0 heterocycles. The topological polar surface area (TPSA) is 38.3 Å². The number of carbonyl (C=O) groups excluding carboxylic acids is 1. The summed E-state index contributed by atoms with van der Waals surface area (Å²) in [6.07, 6.45) is 0.484. The largest absolute Gasteiger partial charge is 0.375 e. The molecule has 0 spiro atoms. The minimum Gasteiger partial charge on any atom is -0.375 e. The minimum absolute atomic E-state index is 0.0766. The van der Waals surface area contributed by atoms with Crippen molar-refractivity contribution in [2.45, 2.75) is 26.4 Å². The van der Waals surface area contributed by atoms with Gasteiger partial charge in [0.05, 0.1) is 6.10 Å². The predicted molar refractivity (Wildman–Crippen MR) is 68.7 cm³/mol. The number of carbonyl (C=O) groups is 1. The number of nitrogens with one attached hydrogen (secondary N) is 1. The maximum atomic E-state index is 11.5. The van der Waals surface area contributed by atoms with Gasteiger partial charge in [-0.2, -0.15) is 0 Å². The standard InChI is InChI=1S/C14H21NO2/c1-11(2)9-14(16)15-10-13(17-3)12-7-5-4-6-8-12/h4-8,11,13H,9-10H2,1-3H3,(H,15,16). The van der Waals surface area contributed by atoms with Crippen LogP contribution in [0.25, 0.3) is 0 Å². The molecule has 0 radical (unpaired) electrons. The molecule has 0 aromatic heterocycles. The molecule has 1 unspecified atom stereocenters. The lowest BCUT2D eigenvalue weighted by molar-refractivity contribution is -0.122. The van der Waals surface area contributed by atoms with Crippen molar-refractivity contribution in [2.24, 2.45) is 5.92 Å². The quantitative estimate of drug-likeness (QED) is 0.823. The fraction of sp³-hybridized carbons (Fsp3) is 0.500. The zero-order valence-corrected chi connectivity index (χ0v) is 10.8. The summed E-state index contributed by atoms with van der Waals surface area (Å²) in [6.45, 7) is 4.58. The molecule has 0 aliphatic carbocycles. The van der Waals surface area contributed by atoms with Gasteiger partial charge in [0.2, 0.25) is 5.91 Å². The van der Waals surface area contributed by atoms with Crippen LogP contribution >= 0.6 is 0 Å². The average molecular weight is 235 g/mol. The van der Waals surface area contributed by atoms with Crippen molar-refractivity contribution in [2.75, 3.05) is 13.7 Å². The van der Waals surface area contributed by atoms with Gasteiger partial charge in [0.15, 0.2) is 0 Å². The zero-order valence-electron chi connectivity index (χ0n) is 10.8. The van der Waals surface area contributed by atoms with Gasteiger partial charge < -0.3 is 10.1 Å². The molecule has 0 aliphatic heterocycles. The van der Waals surface area contributed by atoms with Gasteiger partial charge in [-0.3, -0.25) is 4.79 Å². The molecule has 0 saturated carbocycles. The lowest BCUT2D eigenvalue weighted by Gasteiger charge is -2.16. The molecule has 94 valence electrons. The van der Waals surface area contributed by atoms with Crippen molar-refractivity contribution in [1.82, 2.24) is 5.32 Å². The van der Waals surface area contributed by atoms with Gasteiger partial charge in [0, 0.05) is 20.1 Å². The first-order chi connectivity index (χ1) is 8.13. The van der Waals surface area contributed by atoms with E-state index in [0.717, 1.165) is 5.56 Å². The van der Waals surface area contributed by atoms with E-state index in [9.17, 15) is 4.79 Å². The van der Waals surface area contributed by atoms with Crippen LogP contribution in [0.2, 0.25) is 0 Å². The van der Waals surface area contributed by atoms with E-state index in [2.05, 4.69) is 5.32 Å². The molecule has 3 nitrogen and oxygen atoms in total. The van der Waals surface area contributed by atoms with Gasteiger partial charge in [-0.25, -0.2) is 0 Å². The number of rotatable bonds is 6. The Bertz CT molecular complexity index is 335. The molecule has 0 saturated heterocycles. The summed E-state index contributed by atoms with van der Waals surface area (Å²) >= 11 is 0. The third-order valence-electron chi connectivity index (χ3n) is 2.53. The summed E-state index contributed by atoms with van der Waals surface area (Å²) < 4.78 is 5.38. The van der Waals surface area contributed by atoms with Crippen molar-refractivity contribution in [1.29, 1.82) is 0 Å². The highest BCUT2D eigenvalue weighted by Crippen LogP contribution is 2.14. The van der Waals surface area contributed by atoms with E-state index in [1.165, 1.54) is 0 Å². The van der Waals surface area contributed by atoms with Crippen LogP contribution in [0.15, 0.2) is 30.3 Å². The molecule has 0 bridgehead atoms. The Hall–Kier alpha value is -1.35. The van der Waals surface area contributed by atoms with E-state index in [1.807, 2.05) is 44.2 Å². The summed E-state index contributed by atoms with van der Waals surface area (Å²) in [6, 6.07) is 9.91. The van der Waals surface area contributed by atoms with Crippen LogP contribution in [0.1, 0.15) is 31.9 Å². The van der Waals surface area contributed by atoms with Crippen molar-refractivity contribution in [3.63, 3.8) is 0 Å². The second-order valence-corrected chi connectivity index (χ2v) is 4.54. The Morgan fingerprint density at radius 1 is 1.29 bits per heavy atom. The highest BCUT2D eigenvalue weighted by atomic mass is 16.5. The Labute approximate surface area is 103 Å². The fourth-order valence-electron chi connectivity index (χ4n) is 1.65. The predicted octanol–water partition coefficient (Wildman–Crippen LogP) is 2.54. The lowest BCUT2D eigenvalue weighted by atomic mass is 10.1. The van der Waals surface area contributed by atoms with Crippen LogP contribution < -0.4 is 5.32 Å². The molecular formula is C14H21NO2. The molecule has 1 N–H and O–H groups in total. The molecular weight excluding hydrogens is 214 g/mol. The summed E-state index contributed by atoms with van der Waals surface area (Å²) in [5.74, 6) is 0.464. The van der Waals surface area contributed by atoms with Gasteiger partial charge in [-0.15, -0.1) is 0 Å². The molecule has 1 atom stereocenters.